The summed E-state index contributed by atoms with van der Waals surface area (Å²) in [7, 11) is 0. The molecule has 0 aliphatic carbocycles. The second kappa shape index (κ2) is 7.70. The molecule has 0 aliphatic rings. The molecular weight excluding hydrogens is 324 g/mol. The Kier molecular flexibility index (Phi) is 5.64. The summed E-state index contributed by atoms with van der Waals surface area (Å²) in [5.41, 5.74) is 1.45. The highest BCUT2D eigenvalue weighted by Crippen LogP contribution is 2.30. The summed E-state index contributed by atoms with van der Waals surface area (Å²) in [5, 5.41) is 28.9. The third-order valence-corrected chi connectivity index (χ3v) is 3.85. The molecule has 0 saturated heterocycles. The number of carbonyl (C=O) groups excluding carboxylic acids is 1. The van der Waals surface area contributed by atoms with E-state index in [1.807, 2.05) is 6.92 Å². The first-order chi connectivity index (χ1) is 11.8. The van der Waals surface area contributed by atoms with E-state index in [9.17, 15) is 19.8 Å². The van der Waals surface area contributed by atoms with Gasteiger partial charge in [-0.1, -0.05) is 19.4 Å². The maximum Gasteiger partial charge on any atom is 0.339 e. The number of ether oxygens (including phenoxy) is 1. The van der Waals surface area contributed by atoms with Crippen LogP contribution in [0, 0.1) is 0 Å². The molecule has 6 heteroatoms. The number of hydrogen-bond acceptors (Lipinski definition) is 5. The molecular formula is C19H20O6. The van der Waals surface area contributed by atoms with Crippen LogP contribution in [0.5, 0.6) is 17.2 Å². The van der Waals surface area contributed by atoms with Crippen LogP contribution in [0.1, 0.15) is 52.1 Å². The Balaban J connectivity index is 2.25. The molecule has 0 spiro atoms. The molecule has 0 radical (unpaired) electrons. The van der Waals surface area contributed by atoms with Crippen LogP contribution in [0.25, 0.3) is 0 Å². The van der Waals surface area contributed by atoms with E-state index in [1.165, 1.54) is 25.1 Å². The first-order valence-corrected chi connectivity index (χ1v) is 7.88. The molecule has 0 bridgehead atoms. The van der Waals surface area contributed by atoms with E-state index in [-0.39, 0.29) is 35.0 Å². The van der Waals surface area contributed by atoms with E-state index in [4.69, 9.17) is 9.84 Å². The Labute approximate surface area is 145 Å². The molecule has 3 N–H and O–H groups in total. The molecule has 0 heterocycles. The van der Waals surface area contributed by atoms with Crippen molar-refractivity contribution >= 4 is 11.8 Å². The number of benzene rings is 2. The van der Waals surface area contributed by atoms with Crippen LogP contribution >= 0.6 is 0 Å². The van der Waals surface area contributed by atoms with Gasteiger partial charge in [-0.25, -0.2) is 4.79 Å². The molecule has 0 atom stereocenters. The van der Waals surface area contributed by atoms with Gasteiger partial charge in [0.25, 0.3) is 0 Å². The fraction of sp³-hybridized carbons (Fsp3) is 0.263. The zero-order chi connectivity index (χ0) is 18.6. The average Bonchev–Trinajstić information content (AvgIpc) is 2.54. The highest BCUT2D eigenvalue weighted by molar-refractivity contribution is 5.97. The summed E-state index contributed by atoms with van der Waals surface area (Å²) in [6.07, 6.45) is 1.38. The number of Topliss-reactive ketones (excluding diaryl/α,β-unsaturated/α-hetero) is 1. The smallest absolute Gasteiger partial charge is 0.339 e. The second-order valence-electron chi connectivity index (χ2n) is 5.68. The molecule has 0 unspecified atom stereocenters. The molecule has 25 heavy (non-hydrogen) atoms. The number of ketones is 1. The quantitative estimate of drug-likeness (QED) is 0.664. The number of aromatic carboxylic acids is 1. The first kappa shape index (κ1) is 18.3. The van der Waals surface area contributed by atoms with Crippen LogP contribution in [0.3, 0.4) is 0 Å². The minimum Gasteiger partial charge on any atom is -0.507 e. The number of carboxylic acids is 1. The second-order valence-corrected chi connectivity index (χ2v) is 5.68. The van der Waals surface area contributed by atoms with Gasteiger partial charge in [-0.2, -0.15) is 0 Å². The number of carboxylic acid groups (broad SMARTS) is 1. The summed E-state index contributed by atoms with van der Waals surface area (Å²) in [5.74, 6) is -1.54. The molecule has 6 nitrogen and oxygen atoms in total. The van der Waals surface area contributed by atoms with E-state index in [2.05, 4.69) is 0 Å². The van der Waals surface area contributed by atoms with Gasteiger partial charge in [0.2, 0.25) is 0 Å². The molecule has 0 saturated carbocycles. The number of hydrogen-bond donors (Lipinski definition) is 3. The van der Waals surface area contributed by atoms with E-state index in [0.29, 0.717) is 17.7 Å². The van der Waals surface area contributed by atoms with E-state index in [0.717, 1.165) is 12.0 Å². The lowest BCUT2D eigenvalue weighted by Crippen LogP contribution is -2.04. The zero-order valence-corrected chi connectivity index (χ0v) is 14.1. The standard InChI is InChI=1S/C19H20O6/c1-3-4-15-12(5-7-14(11(2)20)18(15)22)10-25-13-6-8-16(19(23)24)17(21)9-13/h5-9,21-22H,3-4,10H2,1-2H3,(H,23,24). The van der Waals surface area contributed by atoms with Crippen molar-refractivity contribution in [2.75, 3.05) is 0 Å². The van der Waals surface area contributed by atoms with E-state index >= 15 is 0 Å². The summed E-state index contributed by atoms with van der Waals surface area (Å²) < 4.78 is 5.60. The van der Waals surface area contributed by atoms with Crippen LogP contribution in [-0.4, -0.2) is 27.1 Å². The number of phenols is 2. The minimum atomic E-state index is -1.22. The fourth-order valence-corrected chi connectivity index (χ4v) is 2.57. The Morgan fingerprint density at radius 3 is 2.32 bits per heavy atom. The largest absolute Gasteiger partial charge is 0.507 e. The van der Waals surface area contributed by atoms with Crippen LogP contribution in [0.2, 0.25) is 0 Å². The van der Waals surface area contributed by atoms with Gasteiger partial charge in [-0.05, 0) is 37.1 Å². The molecule has 2 aromatic rings. The molecule has 0 amide bonds. The SMILES string of the molecule is CCCc1c(COc2ccc(C(=O)O)c(O)c2)ccc(C(C)=O)c1O. The minimum absolute atomic E-state index is 0.0282. The Morgan fingerprint density at radius 1 is 1.08 bits per heavy atom. The monoisotopic (exact) mass is 344 g/mol. The maximum absolute atomic E-state index is 11.6. The predicted octanol–water partition coefficient (Wildman–Crippen LogP) is 3.53. The lowest BCUT2D eigenvalue weighted by molar-refractivity contribution is 0.0693. The lowest BCUT2D eigenvalue weighted by atomic mass is 9.97. The molecule has 2 aromatic carbocycles. The topological polar surface area (TPSA) is 104 Å². The van der Waals surface area contributed by atoms with E-state index < -0.39 is 5.97 Å². The van der Waals surface area contributed by atoms with Crippen molar-refractivity contribution in [2.45, 2.75) is 33.3 Å². The number of aromatic hydroxyl groups is 2. The van der Waals surface area contributed by atoms with Crippen LogP contribution in [0.15, 0.2) is 30.3 Å². The summed E-state index contributed by atoms with van der Waals surface area (Å²) in [6.45, 7) is 3.48. The Morgan fingerprint density at radius 2 is 1.76 bits per heavy atom. The zero-order valence-electron chi connectivity index (χ0n) is 14.1. The molecule has 132 valence electrons. The van der Waals surface area contributed by atoms with Crippen molar-refractivity contribution in [3.63, 3.8) is 0 Å². The lowest BCUT2D eigenvalue weighted by Gasteiger charge is -2.14. The van der Waals surface area contributed by atoms with Gasteiger partial charge in [-0.3, -0.25) is 4.79 Å². The van der Waals surface area contributed by atoms with E-state index in [1.54, 1.807) is 12.1 Å². The van der Waals surface area contributed by atoms with Crippen molar-refractivity contribution in [2.24, 2.45) is 0 Å². The third kappa shape index (κ3) is 4.09. The van der Waals surface area contributed by atoms with Gasteiger partial charge in [0.05, 0.1) is 5.56 Å². The summed E-state index contributed by atoms with van der Waals surface area (Å²) >= 11 is 0. The van der Waals surface area contributed by atoms with Gasteiger partial charge in [0.15, 0.2) is 5.78 Å². The predicted molar refractivity (Wildman–Crippen MR) is 91.5 cm³/mol. The van der Waals surface area contributed by atoms with Crippen molar-refractivity contribution in [3.05, 3.63) is 52.6 Å². The average molecular weight is 344 g/mol. The summed E-state index contributed by atoms with van der Waals surface area (Å²) in [6, 6.07) is 7.23. The normalized spacial score (nSPS) is 10.5. The Bertz CT molecular complexity index is 810. The fourth-order valence-electron chi connectivity index (χ4n) is 2.57. The number of rotatable bonds is 7. The van der Waals surface area contributed by atoms with Gasteiger partial charge in [0.1, 0.15) is 29.4 Å². The number of carbonyl (C=O) groups is 2. The van der Waals surface area contributed by atoms with Gasteiger partial charge < -0.3 is 20.1 Å². The van der Waals surface area contributed by atoms with Gasteiger partial charge >= 0.3 is 5.97 Å². The molecule has 2 rings (SSSR count). The van der Waals surface area contributed by atoms with Crippen LogP contribution in [0.4, 0.5) is 0 Å². The summed E-state index contributed by atoms with van der Waals surface area (Å²) in [4.78, 5) is 22.5. The highest BCUT2D eigenvalue weighted by atomic mass is 16.5. The van der Waals surface area contributed by atoms with Crippen molar-refractivity contribution in [1.82, 2.24) is 0 Å². The van der Waals surface area contributed by atoms with Crippen molar-refractivity contribution in [1.29, 1.82) is 0 Å². The third-order valence-electron chi connectivity index (χ3n) is 3.85. The highest BCUT2D eigenvalue weighted by Gasteiger charge is 2.16. The first-order valence-electron chi connectivity index (χ1n) is 7.88. The molecule has 0 aromatic heterocycles. The molecule has 0 fully saturated rings. The van der Waals surface area contributed by atoms with Crippen molar-refractivity contribution < 1.29 is 29.6 Å². The van der Waals surface area contributed by atoms with Gasteiger partial charge in [-0.15, -0.1) is 0 Å². The van der Waals surface area contributed by atoms with Crippen LogP contribution < -0.4 is 4.74 Å². The van der Waals surface area contributed by atoms with Crippen LogP contribution in [-0.2, 0) is 13.0 Å². The maximum atomic E-state index is 11.6. The number of phenolic OH excluding ortho intramolecular Hbond substituents is 1. The van der Waals surface area contributed by atoms with Gasteiger partial charge in [0, 0.05) is 11.6 Å². The van der Waals surface area contributed by atoms with Crippen molar-refractivity contribution in [3.8, 4) is 17.2 Å². The molecule has 0 aliphatic heterocycles. The Hall–Kier alpha value is -3.02.